The summed E-state index contributed by atoms with van der Waals surface area (Å²) in [6, 6.07) is 10.5. The third kappa shape index (κ3) is 3.78. The number of hydrogen-bond acceptors (Lipinski definition) is 6. The highest BCUT2D eigenvalue weighted by Gasteiger charge is 2.36. The zero-order valence-corrected chi connectivity index (χ0v) is 16.3. The van der Waals surface area contributed by atoms with Crippen LogP contribution < -0.4 is 29.2 Å². The van der Waals surface area contributed by atoms with Gasteiger partial charge in [0, 0.05) is 30.8 Å². The number of carbonyl (C=O) groups excluding carboxylic acids is 2. The molecule has 2 aliphatic rings. The van der Waals surface area contributed by atoms with Gasteiger partial charge in [-0.1, -0.05) is 0 Å². The monoisotopic (exact) mass is 398 g/mol. The van der Waals surface area contributed by atoms with Crippen molar-refractivity contribution in [3.63, 3.8) is 0 Å². The molecule has 0 bridgehead atoms. The Balaban J connectivity index is 1.48. The summed E-state index contributed by atoms with van der Waals surface area (Å²) in [4.78, 5) is 26.9. The predicted molar refractivity (Wildman–Crippen MR) is 106 cm³/mol. The summed E-state index contributed by atoms with van der Waals surface area (Å²) >= 11 is 0. The molecule has 152 valence electrons. The van der Waals surface area contributed by atoms with Crippen molar-refractivity contribution in [3.8, 4) is 23.0 Å². The van der Waals surface area contributed by atoms with Crippen LogP contribution in [-0.2, 0) is 9.59 Å². The van der Waals surface area contributed by atoms with Gasteiger partial charge >= 0.3 is 0 Å². The van der Waals surface area contributed by atoms with E-state index in [4.69, 9.17) is 18.9 Å². The molecule has 2 aromatic carbocycles. The van der Waals surface area contributed by atoms with Crippen molar-refractivity contribution in [2.24, 2.45) is 5.92 Å². The first kappa shape index (κ1) is 18.9. The number of methoxy groups -OCH3 is 2. The van der Waals surface area contributed by atoms with Crippen molar-refractivity contribution in [3.05, 3.63) is 36.4 Å². The van der Waals surface area contributed by atoms with E-state index >= 15 is 0 Å². The van der Waals surface area contributed by atoms with Gasteiger partial charge in [0.15, 0.2) is 11.5 Å². The predicted octanol–water partition coefficient (Wildman–Crippen LogP) is 2.47. The van der Waals surface area contributed by atoms with Crippen molar-refractivity contribution < 1.29 is 28.5 Å². The number of rotatable bonds is 5. The van der Waals surface area contributed by atoms with Crippen LogP contribution in [0.25, 0.3) is 0 Å². The van der Waals surface area contributed by atoms with Gasteiger partial charge in [-0.15, -0.1) is 0 Å². The molecule has 8 heteroatoms. The standard InChI is InChI=1S/C21H22N2O6/c1-26-15-4-6-17(27-2)16(11-15)23-12-13(9-20(23)24)21(25)22-14-3-5-18-19(10-14)29-8-7-28-18/h3-6,10-11,13H,7-9,12H2,1-2H3,(H,22,25). The molecule has 2 aromatic rings. The summed E-state index contributed by atoms with van der Waals surface area (Å²) < 4.78 is 21.7. The third-order valence-corrected chi connectivity index (χ3v) is 4.98. The minimum Gasteiger partial charge on any atom is -0.497 e. The lowest BCUT2D eigenvalue weighted by molar-refractivity contribution is -0.122. The maximum atomic E-state index is 12.8. The average molecular weight is 398 g/mol. The molecular formula is C21H22N2O6. The summed E-state index contributed by atoms with van der Waals surface area (Å²) in [6.45, 7) is 1.24. The summed E-state index contributed by atoms with van der Waals surface area (Å²) in [5.41, 5.74) is 1.19. The molecule has 1 unspecified atom stereocenters. The van der Waals surface area contributed by atoms with Crippen molar-refractivity contribution in [2.45, 2.75) is 6.42 Å². The molecule has 2 aliphatic heterocycles. The van der Waals surface area contributed by atoms with E-state index in [1.54, 1.807) is 48.4 Å². The van der Waals surface area contributed by atoms with Crippen molar-refractivity contribution in [2.75, 3.05) is 44.2 Å². The van der Waals surface area contributed by atoms with E-state index < -0.39 is 5.92 Å². The number of carbonyl (C=O) groups is 2. The minimum atomic E-state index is -0.480. The molecule has 8 nitrogen and oxygen atoms in total. The van der Waals surface area contributed by atoms with Gasteiger partial charge < -0.3 is 29.2 Å². The van der Waals surface area contributed by atoms with Gasteiger partial charge in [0.05, 0.1) is 25.8 Å². The van der Waals surface area contributed by atoms with Crippen LogP contribution >= 0.6 is 0 Å². The smallest absolute Gasteiger partial charge is 0.229 e. The molecule has 1 atom stereocenters. The highest BCUT2D eigenvalue weighted by molar-refractivity contribution is 6.04. The second kappa shape index (κ2) is 7.90. The highest BCUT2D eigenvalue weighted by atomic mass is 16.6. The van der Waals surface area contributed by atoms with Gasteiger partial charge in [0.1, 0.15) is 24.7 Å². The van der Waals surface area contributed by atoms with E-state index in [1.165, 1.54) is 7.11 Å². The Morgan fingerprint density at radius 1 is 1.07 bits per heavy atom. The normalized spacial score (nSPS) is 17.8. The molecule has 1 saturated heterocycles. The second-order valence-corrected chi connectivity index (χ2v) is 6.79. The third-order valence-electron chi connectivity index (χ3n) is 4.98. The van der Waals surface area contributed by atoms with Crippen LogP contribution in [0, 0.1) is 5.92 Å². The van der Waals surface area contributed by atoms with Gasteiger partial charge in [0.2, 0.25) is 11.8 Å². The number of nitrogens with one attached hydrogen (secondary N) is 1. The summed E-state index contributed by atoms with van der Waals surface area (Å²) in [7, 11) is 3.10. The fraction of sp³-hybridized carbons (Fsp3) is 0.333. The number of amides is 2. The molecule has 2 heterocycles. The van der Waals surface area contributed by atoms with Crippen LogP contribution in [0.2, 0.25) is 0 Å². The Labute approximate surface area is 168 Å². The lowest BCUT2D eigenvalue weighted by atomic mass is 10.1. The number of anilines is 2. The molecular weight excluding hydrogens is 376 g/mol. The van der Waals surface area contributed by atoms with Crippen LogP contribution in [-0.4, -0.2) is 45.8 Å². The largest absolute Gasteiger partial charge is 0.497 e. The van der Waals surface area contributed by atoms with E-state index in [2.05, 4.69) is 5.32 Å². The Morgan fingerprint density at radius 2 is 1.86 bits per heavy atom. The molecule has 2 amide bonds. The SMILES string of the molecule is COc1ccc(OC)c(N2CC(C(=O)Nc3ccc4c(c3)OCCO4)CC2=O)c1. The average Bonchev–Trinajstić information content (AvgIpc) is 3.14. The molecule has 0 aromatic heterocycles. The van der Waals surface area contributed by atoms with Crippen LogP contribution in [0.15, 0.2) is 36.4 Å². The Morgan fingerprint density at radius 3 is 2.62 bits per heavy atom. The first-order chi connectivity index (χ1) is 14.1. The molecule has 0 saturated carbocycles. The molecule has 0 radical (unpaired) electrons. The number of fused-ring (bicyclic) bond motifs is 1. The van der Waals surface area contributed by atoms with Crippen molar-refractivity contribution in [1.82, 2.24) is 0 Å². The summed E-state index contributed by atoms with van der Waals surface area (Å²) in [6.07, 6.45) is 0.122. The fourth-order valence-electron chi connectivity index (χ4n) is 3.49. The lowest BCUT2D eigenvalue weighted by Gasteiger charge is -2.21. The van der Waals surface area contributed by atoms with Crippen LogP contribution in [0.4, 0.5) is 11.4 Å². The second-order valence-electron chi connectivity index (χ2n) is 6.79. The maximum absolute atomic E-state index is 12.8. The molecule has 0 spiro atoms. The zero-order chi connectivity index (χ0) is 20.4. The Hall–Kier alpha value is -3.42. The number of nitrogens with zero attached hydrogens (tertiary/aromatic N) is 1. The van der Waals surface area contributed by atoms with E-state index in [0.717, 1.165) is 0 Å². The molecule has 29 heavy (non-hydrogen) atoms. The van der Waals surface area contributed by atoms with Crippen molar-refractivity contribution in [1.29, 1.82) is 0 Å². The van der Waals surface area contributed by atoms with E-state index in [0.29, 0.717) is 47.6 Å². The maximum Gasteiger partial charge on any atom is 0.229 e. The van der Waals surface area contributed by atoms with E-state index in [9.17, 15) is 9.59 Å². The molecule has 4 rings (SSSR count). The topological polar surface area (TPSA) is 86.3 Å². The number of hydrogen-bond donors (Lipinski definition) is 1. The van der Waals surface area contributed by atoms with Gasteiger partial charge in [0.25, 0.3) is 0 Å². The first-order valence-corrected chi connectivity index (χ1v) is 9.32. The Kier molecular flexibility index (Phi) is 5.16. The van der Waals surface area contributed by atoms with E-state index in [1.807, 2.05) is 0 Å². The quantitative estimate of drug-likeness (QED) is 0.833. The fourth-order valence-corrected chi connectivity index (χ4v) is 3.49. The lowest BCUT2D eigenvalue weighted by Crippen LogP contribution is -2.28. The number of benzene rings is 2. The van der Waals surface area contributed by atoms with Crippen LogP contribution in [0.3, 0.4) is 0 Å². The highest BCUT2D eigenvalue weighted by Crippen LogP contribution is 2.37. The van der Waals surface area contributed by atoms with Gasteiger partial charge in [-0.05, 0) is 24.3 Å². The minimum absolute atomic E-state index is 0.122. The Bertz CT molecular complexity index is 945. The van der Waals surface area contributed by atoms with Crippen LogP contribution in [0.5, 0.6) is 23.0 Å². The number of ether oxygens (including phenoxy) is 4. The molecule has 1 fully saturated rings. The summed E-state index contributed by atoms with van der Waals surface area (Å²) in [5.74, 6) is 1.57. The van der Waals surface area contributed by atoms with Gasteiger partial charge in [-0.25, -0.2) is 0 Å². The van der Waals surface area contributed by atoms with E-state index in [-0.39, 0.29) is 24.8 Å². The molecule has 0 aliphatic carbocycles. The zero-order valence-electron chi connectivity index (χ0n) is 16.3. The van der Waals surface area contributed by atoms with Crippen molar-refractivity contribution >= 4 is 23.2 Å². The van der Waals surface area contributed by atoms with Gasteiger partial charge in [-0.3, -0.25) is 9.59 Å². The first-order valence-electron chi connectivity index (χ1n) is 9.32. The summed E-state index contributed by atoms with van der Waals surface area (Å²) in [5, 5.41) is 2.87. The van der Waals surface area contributed by atoms with Gasteiger partial charge in [-0.2, -0.15) is 0 Å². The molecule has 1 N–H and O–H groups in total. The van der Waals surface area contributed by atoms with Crippen LogP contribution in [0.1, 0.15) is 6.42 Å².